The quantitative estimate of drug-likeness (QED) is 0.361. The second-order valence-electron chi connectivity index (χ2n) is 3.85. The zero-order valence-corrected chi connectivity index (χ0v) is 10.2. The van der Waals surface area contributed by atoms with Gasteiger partial charge in [-0.15, -0.1) is 0 Å². The first kappa shape index (κ1) is 14.1. The number of benzene rings is 1. The van der Waals surface area contributed by atoms with Gasteiger partial charge in [-0.25, -0.2) is 4.79 Å². The molecule has 0 amide bonds. The number of hydrogen-bond donors (Lipinski definition) is 1. The number of hydrogen-bond acceptors (Lipinski definition) is 5. The van der Waals surface area contributed by atoms with Crippen LogP contribution in [0.1, 0.15) is 31.4 Å². The third-order valence-electron chi connectivity index (χ3n) is 2.46. The molecule has 0 saturated heterocycles. The summed E-state index contributed by atoms with van der Waals surface area (Å²) in [6.07, 6.45) is 1.72. The van der Waals surface area contributed by atoms with Crippen LogP contribution in [0.25, 0.3) is 0 Å². The fourth-order valence-electron chi connectivity index (χ4n) is 1.35. The van der Waals surface area contributed by atoms with Crippen LogP contribution in [0.4, 0.5) is 5.69 Å². The van der Waals surface area contributed by atoms with Crippen molar-refractivity contribution in [3.05, 3.63) is 39.9 Å². The third-order valence-corrected chi connectivity index (χ3v) is 2.46. The van der Waals surface area contributed by atoms with E-state index in [2.05, 4.69) is 0 Å². The van der Waals surface area contributed by atoms with Crippen molar-refractivity contribution in [2.24, 2.45) is 5.73 Å². The van der Waals surface area contributed by atoms with E-state index in [4.69, 9.17) is 10.5 Å². The predicted octanol–water partition coefficient (Wildman–Crippen LogP) is 1.94. The fraction of sp³-hybridized carbons (Fsp3) is 0.417. The first-order chi connectivity index (χ1) is 8.56. The highest BCUT2D eigenvalue weighted by Gasteiger charge is 2.18. The number of carbonyl (C=O) groups excluding carboxylic acids is 1. The smallest absolute Gasteiger partial charge is 0.327 e. The van der Waals surface area contributed by atoms with E-state index in [1.54, 1.807) is 0 Å². The van der Waals surface area contributed by atoms with Gasteiger partial charge in [0.05, 0.1) is 11.5 Å². The molecule has 0 aliphatic heterocycles. The average molecular weight is 252 g/mol. The molecule has 0 aliphatic carbocycles. The molecule has 1 aromatic carbocycles. The summed E-state index contributed by atoms with van der Waals surface area (Å²) in [5, 5.41) is 10.5. The summed E-state index contributed by atoms with van der Waals surface area (Å²) in [5.74, 6) is -0.516. The van der Waals surface area contributed by atoms with E-state index in [0.717, 1.165) is 12.8 Å². The van der Waals surface area contributed by atoms with Crippen molar-refractivity contribution in [2.75, 3.05) is 6.61 Å². The maximum Gasteiger partial charge on any atom is 0.327 e. The second-order valence-corrected chi connectivity index (χ2v) is 3.85. The van der Waals surface area contributed by atoms with Crippen molar-refractivity contribution in [3.63, 3.8) is 0 Å². The highest BCUT2D eigenvalue weighted by Crippen LogP contribution is 2.17. The number of rotatable bonds is 6. The summed E-state index contributed by atoms with van der Waals surface area (Å²) < 4.78 is 4.98. The zero-order chi connectivity index (χ0) is 13.5. The number of nitro benzene ring substituents is 1. The number of ether oxygens (including phenoxy) is 1. The Kier molecular flexibility index (Phi) is 5.26. The molecule has 2 N–H and O–H groups in total. The number of carbonyl (C=O) groups is 1. The van der Waals surface area contributed by atoms with E-state index < -0.39 is 16.9 Å². The average Bonchev–Trinajstić information content (AvgIpc) is 2.38. The van der Waals surface area contributed by atoms with Gasteiger partial charge in [0.15, 0.2) is 0 Å². The van der Waals surface area contributed by atoms with Crippen LogP contribution in [-0.4, -0.2) is 17.5 Å². The minimum absolute atomic E-state index is 0.0368. The normalized spacial score (nSPS) is 11.9. The molecule has 0 fully saturated rings. The minimum Gasteiger partial charge on any atom is -0.464 e. The summed E-state index contributed by atoms with van der Waals surface area (Å²) in [6.45, 7) is 2.33. The number of nitrogens with two attached hydrogens (primary N) is 1. The summed E-state index contributed by atoms with van der Waals surface area (Å²) in [6, 6.07) is 4.65. The Morgan fingerprint density at radius 3 is 2.56 bits per heavy atom. The monoisotopic (exact) mass is 252 g/mol. The Morgan fingerprint density at radius 2 is 2.06 bits per heavy atom. The molecule has 0 radical (unpaired) electrons. The van der Waals surface area contributed by atoms with Gasteiger partial charge in [0.1, 0.15) is 6.04 Å². The van der Waals surface area contributed by atoms with Crippen molar-refractivity contribution < 1.29 is 14.5 Å². The molecule has 0 aliphatic rings. The summed E-state index contributed by atoms with van der Waals surface area (Å²) >= 11 is 0. The molecule has 0 heterocycles. The van der Waals surface area contributed by atoms with E-state index in [-0.39, 0.29) is 5.69 Å². The second kappa shape index (κ2) is 6.70. The van der Waals surface area contributed by atoms with Gasteiger partial charge in [-0.3, -0.25) is 10.1 Å². The van der Waals surface area contributed by atoms with E-state index in [1.807, 2.05) is 6.92 Å². The third kappa shape index (κ3) is 3.81. The summed E-state index contributed by atoms with van der Waals surface area (Å²) in [7, 11) is 0. The van der Waals surface area contributed by atoms with Crippen LogP contribution in [0.3, 0.4) is 0 Å². The van der Waals surface area contributed by atoms with Crippen LogP contribution in [0.5, 0.6) is 0 Å². The molecule has 0 bridgehead atoms. The molecule has 0 saturated carbocycles. The molecule has 1 rings (SSSR count). The van der Waals surface area contributed by atoms with Crippen molar-refractivity contribution in [1.29, 1.82) is 0 Å². The molecule has 1 atom stereocenters. The lowest BCUT2D eigenvalue weighted by atomic mass is 10.1. The van der Waals surface area contributed by atoms with Crippen molar-refractivity contribution in [1.82, 2.24) is 0 Å². The zero-order valence-electron chi connectivity index (χ0n) is 10.2. The lowest BCUT2D eigenvalue weighted by Gasteiger charge is -2.11. The molecule has 1 aromatic rings. The highest BCUT2D eigenvalue weighted by molar-refractivity contribution is 5.77. The molecule has 1 unspecified atom stereocenters. The molecule has 98 valence electrons. The maximum atomic E-state index is 11.6. The van der Waals surface area contributed by atoms with Crippen LogP contribution in [0.15, 0.2) is 24.3 Å². The molecule has 18 heavy (non-hydrogen) atoms. The Morgan fingerprint density at radius 1 is 1.44 bits per heavy atom. The SMILES string of the molecule is CCCCOC(=O)C(N)c1ccc([N+](=O)[O-])cc1. The summed E-state index contributed by atoms with van der Waals surface area (Å²) in [5.41, 5.74) is 6.17. The molecular formula is C12H16N2O4. The number of nitro groups is 1. The van der Waals surface area contributed by atoms with Crippen LogP contribution >= 0.6 is 0 Å². The first-order valence-corrected chi connectivity index (χ1v) is 5.72. The standard InChI is InChI=1S/C12H16N2O4/c1-2-3-8-18-12(15)11(13)9-4-6-10(7-5-9)14(16)17/h4-7,11H,2-3,8,13H2,1H3. The highest BCUT2D eigenvalue weighted by atomic mass is 16.6. The van der Waals surface area contributed by atoms with Gasteiger partial charge in [0.25, 0.3) is 5.69 Å². The molecular weight excluding hydrogens is 236 g/mol. The van der Waals surface area contributed by atoms with Crippen molar-refractivity contribution in [2.45, 2.75) is 25.8 Å². The fourth-order valence-corrected chi connectivity index (χ4v) is 1.35. The van der Waals surface area contributed by atoms with Crippen LogP contribution in [0.2, 0.25) is 0 Å². The minimum atomic E-state index is -0.900. The van der Waals surface area contributed by atoms with Crippen molar-refractivity contribution in [3.8, 4) is 0 Å². The first-order valence-electron chi connectivity index (χ1n) is 5.72. The Balaban J connectivity index is 2.63. The van der Waals surface area contributed by atoms with E-state index >= 15 is 0 Å². The van der Waals surface area contributed by atoms with E-state index in [9.17, 15) is 14.9 Å². The van der Waals surface area contributed by atoms with Gasteiger partial charge in [0.2, 0.25) is 0 Å². The van der Waals surface area contributed by atoms with Gasteiger partial charge in [0, 0.05) is 12.1 Å². The Bertz CT molecular complexity index is 417. The van der Waals surface area contributed by atoms with Gasteiger partial charge >= 0.3 is 5.97 Å². The number of nitrogens with zero attached hydrogens (tertiary/aromatic N) is 1. The topological polar surface area (TPSA) is 95.5 Å². The van der Waals surface area contributed by atoms with E-state index in [0.29, 0.717) is 12.2 Å². The largest absolute Gasteiger partial charge is 0.464 e. The lowest BCUT2D eigenvalue weighted by Crippen LogP contribution is -2.24. The van der Waals surface area contributed by atoms with Crippen LogP contribution < -0.4 is 5.73 Å². The molecule has 0 spiro atoms. The molecule has 0 aromatic heterocycles. The van der Waals surface area contributed by atoms with Gasteiger partial charge < -0.3 is 10.5 Å². The predicted molar refractivity (Wildman–Crippen MR) is 65.9 cm³/mol. The van der Waals surface area contributed by atoms with Crippen molar-refractivity contribution >= 4 is 11.7 Å². The number of non-ortho nitro benzene ring substituents is 1. The van der Waals surface area contributed by atoms with Gasteiger partial charge in [-0.05, 0) is 12.0 Å². The van der Waals surface area contributed by atoms with Gasteiger partial charge in [-0.1, -0.05) is 25.5 Å². The molecule has 6 heteroatoms. The number of esters is 1. The number of unbranched alkanes of at least 4 members (excludes halogenated alkanes) is 1. The van der Waals surface area contributed by atoms with E-state index in [1.165, 1.54) is 24.3 Å². The maximum absolute atomic E-state index is 11.6. The molecule has 6 nitrogen and oxygen atoms in total. The lowest BCUT2D eigenvalue weighted by molar-refractivity contribution is -0.384. The Hall–Kier alpha value is -1.95. The van der Waals surface area contributed by atoms with Gasteiger partial charge in [-0.2, -0.15) is 0 Å². The van der Waals surface area contributed by atoms with Crippen LogP contribution in [-0.2, 0) is 9.53 Å². The summed E-state index contributed by atoms with van der Waals surface area (Å²) in [4.78, 5) is 21.5. The Labute approximate surface area is 105 Å². The van der Waals surface area contributed by atoms with Crippen LogP contribution in [0, 0.1) is 10.1 Å².